The topological polar surface area (TPSA) is 108 Å². The van der Waals surface area contributed by atoms with Gasteiger partial charge in [0, 0.05) is 6.61 Å². The van der Waals surface area contributed by atoms with Crippen LogP contribution in [0.2, 0.25) is 0 Å². The van der Waals surface area contributed by atoms with Crippen LogP contribution in [0.5, 0.6) is 0 Å². The molecule has 22 heavy (non-hydrogen) atoms. The Bertz CT molecular complexity index is 302. The third-order valence-corrected chi connectivity index (χ3v) is 3.57. The summed E-state index contributed by atoms with van der Waals surface area (Å²) < 4.78 is 38.1. The van der Waals surface area contributed by atoms with Crippen molar-refractivity contribution in [2.45, 2.75) is 71.1 Å². The van der Waals surface area contributed by atoms with Gasteiger partial charge in [0.1, 0.15) is 0 Å². The van der Waals surface area contributed by atoms with Crippen LogP contribution in [-0.2, 0) is 19.3 Å². The fraction of sp³-hybridized carbons (Fsp3) is 1.00. The van der Waals surface area contributed by atoms with Gasteiger partial charge in [0.25, 0.3) is 0 Å². The van der Waals surface area contributed by atoms with Gasteiger partial charge in [-0.1, -0.05) is 64.7 Å². The first-order valence-corrected chi connectivity index (χ1v) is 9.12. The Hall–Kier alpha value is 0.790. The quantitative estimate of drug-likeness (QED) is 0.258. The van der Waals surface area contributed by atoms with E-state index in [-0.39, 0.29) is 48.9 Å². The summed E-state index contributed by atoms with van der Waals surface area (Å²) in [4.78, 5) is 0. The molecule has 0 radical (unpaired) electrons. The molecule has 0 rings (SSSR count). The van der Waals surface area contributed by atoms with Gasteiger partial charge in [0.2, 0.25) is 0 Å². The minimum atomic E-state index is -4.32. The van der Waals surface area contributed by atoms with E-state index in [9.17, 15) is 8.42 Å². The molecule has 0 saturated heterocycles. The number of unbranched alkanes of at least 4 members (excludes halogenated alkanes) is 9. The summed E-state index contributed by atoms with van der Waals surface area (Å²) in [5.41, 5.74) is 0. The van der Waals surface area contributed by atoms with E-state index in [0.717, 1.165) is 12.8 Å². The van der Waals surface area contributed by atoms with Crippen molar-refractivity contribution in [3.05, 3.63) is 0 Å². The zero-order chi connectivity index (χ0) is 15.1. The van der Waals surface area contributed by atoms with Crippen LogP contribution in [0, 0.1) is 0 Å². The third-order valence-electron chi connectivity index (χ3n) is 3.10. The molecule has 6 nitrogen and oxygen atoms in total. The molecule has 0 aromatic rings. The monoisotopic (exact) mass is 350 g/mol. The Morgan fingerprint density at radius 2 is 1.23 bits per heavy atom. The SMILES string of the molecule is CCCCCCCCCCCCOCCOS(=O)(=O)O.N.[Na+]. The van der Waals surface area contributed by atoms with Gasteiger partial charge in [0.15, 0.2) is 0 Å². The van der Waals surface area contributed by atoms with Crippen molar-refractivity contribution >= 4 is 10.4 Å². The second-order valence-electron chi connectivity index (χ2n) is 5.04. The second-order valence-corrected chi connectivity index (χ2v) is 6.14. The Morgan fingerprint density at radius 1 is 0.773 bits per heavy atom. The van der Waals surface area contributed by atoms with E-state index in [2.05, 4.69) is 11.1 Å². The van der Waals surface area contributed by atoms with Crippen LogP contribution in [0.25, 0.3) is 0 Å². The third kappa shape index (κ3) is 25.7. The largest absolute Gasteiger partial charge is 1.00 e. The fourth-order valence-electron chi connectivity index (χ4n) is 1.99. The first-order valence-electron chi connectivity index (χ1n) is 7.76. The van der Waals surface area contributed by atoms with Crippen LogP contribution >= 0.6 is 0 Å². The molecule has 0 amide bonds. The molecule has 4 N–H and O–H groups in total. The number of ether oxygens (including phenoxy) is 1. The fourth-order valence-corrected chi connectivity index (χ4v) is 2.27. The van der Waals surface area contributed by atoms with Crippen molar-refractivity contribution in [2.75, 3.05) is 19.8 Å². The van der Waals surface area contributed by atoms with Crippen molar-refractivity contribution in [1.82, 2.24) is 6.15 Å². The summed E-state index contributed by atoms with van der Waals surface area (Å²) >= 11 is 0. The Balaban J connectivity index is -0.00000180. The number of hydrogen-bond donors (Lipinski definition) is 2. The van der Waals surface area contributed by atoms with Crippen molar-refractivity contribution < 1.29 is 51.4 Å². The van der Waals surface area contributed by atoms with Gasteiger partial charge >= 0.3 is 40.0 Å². The standard InChI is InChI=1S/C14H30O5S.H3N.Na/c1-2-3-4-5-6-7-8-9-10-11-12-18-13-14-19-20(15,16)17;;/h2-14H2,1H3,(H,15,16,17);1H3;/q;;+1. The minimum Gasteiger partial charge on any atom is -0.379 e. The summed E-state index contributed by atoms with van der Waals surface area (Å²) in [6, 6.07) is 0. The normalized spacial score (nSPS) is 10.8. The maximum atomic E-state index is 10.2. The van der Waals surface area contributed by atoms with Crippen LogP contribution in [0.4, 0.5) is 0 Å². The molecule has 0 aromatic carbocycles. The van der Waals surface area contributed by atoms with Gasteiger partial charge in [-0.3, -0.25) is 4.55 Å². The maximum absolute atomic E-state index is 10.2. The van der Waals surface area contributed by atoms with E-state index >= 15 is 0 Å². The van der Waals surface area contributed by atoms with Crippen LogP contribution in [0.3, 0.4) is 0 Å². The van der Waals surface area contributed by atoms with E-state index in [1.807, 2.05) is 0 Å². The van der Waals surface area contributed by atoms with E-state index in [4.69, 9.17) is 9.29 Å². The molecule has 8 heteroatoms. The molecule has 0 fully saturated rings. The predicted octanol–water partition coefficient (Wildman–Crippen LogP) is 0.909. The van der Waals surface area contributed by atoms with Crippen molar-refractivity contribution in [3.63, 3.8) is 0 Å². The molecule has 0 spiro atoms. The second kappa shape index (κ2) is 19.8. The maximum Gasteiger partial charge on any atom is 1.00 e. The summed E-state index contributed by atoms with van der Waals surface area (Å²) in [5.74, 6) is 0. The Morgan fingerprint density at radius 3 is 1.68 bits per heavy atom. The molecule has 0 aliphatic rings. The minimum absolute atomic E-state index is 0. The van der Waals surface area contributed by atoms with Crippen molar-refractivity contribution in [3.8, 4) is 0 Å². The summed E-state index contributed by atoms with van der Waals surface area (Å²) in [6.45, 7) is 2.91. The van der Waals surface area contributed by atoms with Crippen LogP contribution in [-0.4, -0.2) is 32.8 Å². The molecule has 0 aliphatic carbocycles. The number of rotatable bonds is 15. The van der Waals surface area contributed by atoms with Gasteiger partial charge in [-0.15, -0.1) is 0 Å². The molecule has 130 valence electrons. The zero-order valence-electron chi connectivity index (χ0n) is 14.4. The first-order chi connectivity index (χ1) is 9.56. The molecule has 0 bridgehead atoms. The Labute approximate surface area is 158 Å². The first kappa shape index (κ1) is 27.6. The molecule has 0 saturated carbocycles. The smallest absolute Gasteiger partial charge is 0.379 e. The molecular formula is C14H33NNaO5S+. The van der Waals surface area contributed by atoms with Crippen LogP contribution in [0.1, 0.15) is 71.1 Å². The zero-order valence-corrected chi connectivity index (χ0v) is 17.2. The van der Waals surface area contributed by atoms with Gasteiger partial charge in [-0.2, -0.15) is 8.42 Å². The molecule has 0 aliphatic heterocycles. The Kier molecular flexibility index (Phi) is 24.9. The predicted molar refractivity (Wildman–Crippen MR) is 85.2 cm³/mol. The van der Waals surface area contributed by atoms with E-state index in [0.29, 0.717) is 6.61 Å². The van der Waals surface area contributed by atoms with Gasteiger partial charge in [-0.25, -0.2) is 4.18 Å². The van der Waals surface area contributed by atoms with Gasteiger partial charge < -0.3 is 10.9 Å². The average molecular weight is 350 g/mol. The molecular weight excluding hydrogens is 317 g/mol. The van der Waals surface area contributed by atoms with Crippen molar-refractivity contribution in [2.24, 2.45) is 0 Å². The summed E-state index contributed by atoms with van der Waals surface area (Å²) in [5, 5.41) is 0. The van der Waals surface area contributed by atoms with E-state index in [1.165, 1.54) is 51.4 Å². The molecule has 0 unspecified atom stereocenters. The van der Waals surface area contributed by atoms with Gasteiger partial charge in [0.05, 0.1) is 13.2 Å². The van der Waals surface area contributed by atoms with Gasteiger partial charge in [-0.05, 0) is 6.42 Å². The van der Waals surface area contributed by atoms with E-state index < -0.39 is 10.4 Å². The van der Waals surface area contributed by atoms with Crippen LogP contribution in [0.15, 0.2) is 0 Å². The van der Waals surface area contributed by atoms with Crippen LogP contribution < -0.4 is 35.7 Å². The number of hydrogen-bond acceptors (Lipinski definition) is 5. The van der Waals surface area contributed by atoms with E-state index in [1.54, 1.807) is 0 Å². The summed E-state index contributed by atoms with van der Waals surface area (Å²) in [7, 11) is -4.32. The molecule has 0 atom stereocenters. The molecule has 0 heterocycles. The summed E-state index contributed by atoms with van der Waals surface area (Å²) in [6.07, 6.45) is 12.7. The molecule has 0 aromatic heterocycles. The average Bonchev–Trinajstić information content (AvgIpc) is 2.38. The van der Waals surface area contributed by atoms with Crippen molar-refractivity contribution in [1.29, 1.82) is 0 Å².